The molecule has 0 fully saturated rings. The Bertz CT molecular complexity index is 541. The first-order valence-corrected chi connectivity index (χ1v) is 13.4. The summed E-state index contributed by atoms with van der Waals surface area (Å²) in [5.74, 6) is 2.86. The third-order valence-electron chi connectivity index (χ3n) is 4.34. The summed E-state index contributed by atoms with van der Waals surface area (Å²) in [4.78, 5) is 23.8. The molecule has 0 aliphatic rings. The summed E-state index contributed by atoms with van der Waals surface area (Å²) in [6.07, 6.45) is 0.0822. The van der Waals surface area contributed by atoms with Gasteiger partial charge in [-0.05, 0) is 51.1 Å². The summed E-state index contributed by atoms with van der Waals surface area (Å²) in [7, 11) is -0.338. The molecule has 1 amide bonds. The van der Waals surface area contributed by atoms with Gasteiger partial charge in [-0.15, -0.1) is 0 Å². The molecule has 0 spiro atoms. The van der Waals surface area contributed by atoms with Crippen LogP contribution in [0.1, 0.15) is 54.9 Å². The number of rotatable bonds is 10. The Balaban J connectivity index is 4.59. The van der Waals surface area contributed by atoms with Gasteiger partial charge in [0.2, 0.25) is 0 Å². The number of carbonyl (C=O) groups excluding carboxylic acids is 2. The van der Waals surface area contributed by atoms with Crippen LogP contribution in [-0.2, 0) is 18.7 Å². The Morgan fingerprint density at radius 2 is 1.71 bits per heavy atom. The third kappa shape index (κ3) is 11.0. The third-order valence-corrected chi connectivity index (χ3v) is 9.90. The van der Waals surface area contributed by atoms with Crippen LogP contribution in [0.4, 0.5) is 4.79 Å². The Kier molecular flexibility index (Phi) is 12.6. The highest BCUT2D eigenvalue weighted by molar-refractivity contribution is 8.03. The van der Waals surface area contributed by atoms with E-state index in [9.17, 15) is 9.59 Å². The van der Waals surface area contributed by atoms with Crippen LogP contribution in [0, 0.1) is 11.2 Å². The van der Waals surface area contributed by atoms with Gasteiger partial charge in [-0.1, -0.05) is 38.5 Å². The zero-order valence-electron chi connectivity index (χ0n) is 18.6. The molecule has 0 aliphatic heterocycles. The van der Waals surface area contributed by atoms with Gasteiger partial charge >= 0.3 is 12.1 Å². The van der Waals surface area contributed by atoms with Gasteiger partial charge in [0.1, 0.15) is 11.6 Å². The largest absolute Gasteiger partial charge is 0.467 e. The van der Waals surface area contributed by atoms with Crippen LogP contribution in [0.15, 0.2) is 0 Å². The zero-order valence-corrected chi connectivity index (χ0v) is 20.5. The molecule has 0 rings (SSSR count). The van der Waals surface area contributed by atoms with Crippen molar-refractivity contribution in [1.82, 2.24) is 5.32 Å². The normalized spacial score (nSPS) is 13.7. The first-order chi connectivity index (χ1) is 13.0. The lowest BCUT2D eigenvalue weighted by atomic mass is 10.2. The van der Waals surface area contributed by atoms with E-state index in [0.717, 1.165) is 18.1 Å². The maximum Gasteiger partial charge on any atom is 0.408 e. The van der Waals surface area contributed by atoms with E-state index in [1.165, 1.54) is 18.9 Å². The van der Waals surface area contributed by atoms with E-state index in [2.05, 4.69) is 44.2 Å². The van der Waals surface area contributed by atoms with Gasteiger partial charge < -0.3 is 19.2 Å². The number of ether oxygens (including phenoxy) is 2. The predicted molar refractivity (Wildman–Crippen MR) is 118 cm³/mol. The van der Waals surface area contributed by atoms with Crippen molar-refractivity contribution in [2.75, 3.05) is 12.9 Å². The molecule has 0 radical (unpaired) electrons. The lowest BCUT2D eigenvalue weighted by molar-refractivity contribution is -0.142. The monoisotopic (exact) mass is 431 g/mol. The van der Waals surface area contributed by atoms with E-state index in [0.29, 0.717) is 6.42 Å². The standard InChI is InChI=1S/C20H37NO5SSi/c1-9-28(10-2,11-3)26-16(4)13-12-14-27-15-17(18(22)24-8)21-19(23)25-20(5,6)7/h16-17H,9-11,13,15H2,1-8H3,(H,21,23)/t16-,17+/m0/s1. The summed E-state index contributed by atoms with van der Waals surface area (Å²) in [6, 6.07) is 2.53. The average molecular weight is 432 g/mol. The van der Waals surface area contributed by atoms with E-state index in [1.807, 2.05) is 0 Å². The van der Waals surface area contributed by atoms with Crippen LogP contribution in [0.3, 0.4) is 0 Å². The van der Waals surface area contributed by atoms with Crippen molar-refractivity contribution in [1.29, 1.82) is 0 Å². The number of hydrogen-bond acceptors (Lipinski definition) is 6. The van der Waals surface area contributed by atoms with Crippen LogP contribution < -0.4 is 5.32 Å². The van der Waals surface area contributed by atoms with Crippen LogP contribution >= 0.6 is 11.8 Å². The molecule has 162 valence electrons. The van der Waals surface area contributed by atoms with E-state index < -0.39 is 32.0 Å². The highest BCUT2D eigenvalue weighted by Gasteiger charge is 2.30. The van der Waals surface area contributed by atoms with Crippen molar-refractivity contribution in [2.24, 2.45) is 0 Å². The highest BCUT2D eigenvalue weighted by atomic mass is 32.2. The van der Waals surface area contributed by atoms with Crippen molar-refractivity contribution >= 4 is 32.1 Å². The molecule has 0 bridgehead atoms. The minimum atomic E-state index is -1.62. The molecule has 0 aromatic carbocycles. The van der Waals surface area contributed by atoms with E-state index in [1.54, 1.807) is 20.8 Å². The fourth-order valence-electron chi connectivity index (χ4n) is 2.59. The van der Waals surface area contributed by atoms with Gasteiger partial charge in [-0.25, -0.2) is 9.59 Å². The van der Waals surface area contributed by atoms with Crippen molar-refractivity contribution in [3.63, 3.8) is 0 Å². The van der Waals surface area contributed by atoms with Gasteiger partial charge in [0.05, 0.1) is 13.2 Å². The first-order valence-electron chi connectivity index (χ1n) is 9.87. The lowest BCUT2D eigenvalue weighted by Gasteiger charge is -2.31. The molecule has 0 heterocycles. The molecule has 2 atom stereocenters. The SMILES string of the molecule is CC[Si](CC)(CC)O[C@@H](C)CC#CSC[C@@H](NC(=O)OC(C)(C)C)C(=O)OC. The number of amides is 1. The van der Waals surface area contributed by atoms with Crippen molar-refractivity contribution in [3.8, 4) is 11.2 Å². The average Bonchev–Trinajstić information content (AvgIpc) is 2.62. The highest BCUT2D eigenvalue weighted by Crippen LogP contribution is 2.24. The van der Waals surface area contributed by atoms with Crippen molar-refractivity contribution in [2.45, 2.75) is 90.8 Å². The topological polar surface area (TPSA) is 73.9 Å². The van der Waals surface area contributed by atoms with Crippen molar-refractivity contribution < 1.29 is 23.5 Å². The Morgan fingerprint density at radius 1 is 1.14 bits per heavy atom. The minimum Gasteiger partial charge on any atom is -0.467 e. The fourth-order valence-corrected chi connectivity index (χ4v) is 6.18. The Morgan fingerprint density at radius 3 is 2.18 bits per heavy atom. The van der Waals surface area contributed by atoms with Gasteiger partial charge in [-0.2, -0.15) is 0 Å². The first kappa shape index (κ1) is 26.8. The second-order valence-corrected chi connectivity index (χ2v) is 13.2. The van der Waals surface area contributed by atoms with E-state index in [4.69, 9.17) is 13.9 Å². The van der Waals surface area contributed by atoms with Gasteiger partial charge in [0.25, 0.3) is 0 Å². The number of methoxy groups -OCH3 is 1. The quantitative estimate of drug-likeness (QED) is 0.311. The Labute approximate surface area is 176 Å². The number of thioether (sulfide) groups is 1. The lowest BCUT2D eigenvalue weighted by Crippen LogP contribution is -2.45. The number of hydrogen-bond donors (Lipinski definition) is 1. The maximum absolute atomic E-state index is 11.9. The van der Waals surface area contributed by atoms with Gasteiger partial charge in [0.15, 0.2) is 8.32 Å². The van der Waals surface area contributed by atoms with Crippen LogP contribution in [0.25, 0.3) is 0 Å². The molecule has 1 N–H and O–H groups in total. The molecule has 6 nitrogen and oxygen atoms in total. The molecule has 0 aromatic rings. The van der Waals surface area contributed by atoms with Crippen molar-refractivity contribution in [3.05, 3.63) is 0 Å². The van der Waals surface area contributed by atoms with Gasteiger partial charge in [-0.3, -0.25) is 0 Å². The molecule has 0 unspecified atom stereocenters. The molecule has 0 saturated carbocycles. The number of nitrogens with one attached hydrogen (secondary N) is 1. The van der Waals surface area contributed by atoms with E-state index >= 15 is 0 Å². The van der Waals surface area contributed by atoms with E-state index in [-0.39, 0.29) is 11.9 Å². The van der Waals surface area contributed by atoms with Crippen LogP contribution in [0.2, 0.25) is 18.1 Å². The molecule has 8 heteroatoms. The molecule has 0 aliphatic carbocycles. The van der Waals surface area contributed by atoms with Crippen LogP contribution in [0.5, 0.6) is 0 Å². The summed E-state index contributed by atoms with van der Waals surface area (Å²) >= 11 is 1.27. The summed E-state index contributed by atoms with van der Waals surface area (Å²) in [5.41, 5.74) is -0.637. The number of alkyl carbamates (subject to hydrolysis) is 1. The summed E-state index contributed by atoms with van der Waals surface area (Å²) in [5, 5.41) is 5.52. The number of carbonyl (C=O) groups is 2. The number of esters is 1. The van der Waals surface area contributed by atoms with Gasteiger partial charge in [0, 0.05) is 12.2 Å². The molecular weight excluding hydrogens is 394 g/mol. The second kappa shape index (κ2) is 13.1. The fraction of sp³-hybridized carbons (Fsp3) is 0.800. The molecule has 28 heavy (non-hydrogen) atoms. The molecular formula is C20H37NO5SSi. The second-order valence-electron chi connectivity index (χ2n) is 7.69. The summed E-state index contributed by atoms with van der Waals surface area (Å²) in [6.45, 7) is 14.0. The minimum absolute atomic E-state index is 0.0934. The predicted octanol–water partition coefficient (Wildman–Crippen LogP) is 4.55. The molecule has 0 aromatic heterocycles. The summed E-state index contributed by atoms with van der Waals surface area (Å²) < 4.78 is 16.3. The molecule has 0 saturated heterocycles. The maximum atomic E-state index is 11.9. The van der Waals surface area contributed by atoms with Crippen LogP contribution in [-0.4, -0.2) is 51.0 Å². The smallest absolute Gasteiger partial charge is 0.408 e. The zero-order chi connectivity index (χ0) is 21.8. The Hall–Kier alpha value is -1.17.